The molecule has 3 atom stereocenters. The minimum absolute atomic E-state index is 0.326. The van der Waals surface area contributed by atoms with E-state index in [1.54, 1.807) is 24.3 Å². The van der Waals surface area contributed by atoms with Crippen molar-refractivity contribution >= 4 is 29.3 Å². The van der Waals surface area contributed by atoms with Gasteiger partial charge in [-0.15, -0.1) is 11.8 Å². The molecule has 0 saturated carbocycles. The third kappa shape index (κ3) is 5.42. The predicted octanol–water partition coefficient (Wildman–Crippen LogP) is 6.55. The number of halogens is 6. The van der Waals surface area contributed by atoms with E-state index in [2.05, 4.69) is 0 Å². The summed E-state index contributed by atoms with van der Waals surface area (Å²) in [6.45, 7) is 0.197. The molecule has 0 saturated heterocycles. The summed E-state index contributed by atoms with van der Waals surface area (Å²) in [7, 11) is 0. The van der Waals surface area contributed by atoms with Crippen molar-refractivity contribution in [2.75, 3.05) is 11.7 Å². The molecule has 2 aliphatic heterocycles. The highest BCUT2D eigenvalue weighted by Crippen LogP contribution is 2.46. The molecule has 0 spiro atoms. The summed E-state index contributed by atoms with van der Waals surface area (Å²) in [6, 6.07) is 13.0. The fraction of sp³-hybridized carbons (Fsp3) is 0.226. The first-order valence-electron chi connectivity index (χ1n) is 13.6. The predicted molar refractivity (Wildman–Crippen MR) is 157 cm³/mol. The number of nitrogens with zero attached hydrogens (tertiary/aromatic N) is 3. The van der Waals surface area contributed by atoms with Crippen molar-refractivity contribution in [3.63, 3.8) is 0 Å². The first-order chi connectivity index (χ1) is 21.4. The van der Waals surface area contributed by atoms with Crippen LogP contribution < -0.4 is 15.2 Å². The monoisotopic (exact) mass is 663 g/mol. The number of carbonyl (C=O) groups excluding carboxylic acids is 1. The number of thioether (sulfide) groups is 1. The number of ether oxygens (including phenoxy) is 1. The van der Waals surface area contributed by atoms with Gasteiger partial charge >= 0.3 is 6.18 Å². The second-order valence-electron chi connectivity index (χ2n) is 10.4. The molecule has 3 heterocycles. The summed E-state index contributed by atoms with van der Waals surface area (Å²) >= 11 is 8.26. The van der Waals surface area contributed by atoms with E-state index in [1.807, 2.05) is 18.2 Å². The number of alkyl halides is 3. The topological polar surface area (TPSA) is 75.0 Å². The number of fused-ring (bicyclic) bond motifs is 3. The van der Waals surface area contributed by atoms with Gasteiger partial charge in [0.1, 0.15) is 30.4 Å². The summed E-state index contributed by atoms with van der Waals surface area (Å²) < 4.78 is 78.1. The van der Waals surface area contributed by atoms with E-state index in [0.29, 0.717) is 26.8 Å². The van der Waals surface area contributed by atoms with Crippen LogP contribution in [0, 0.1) is 11.6 Å². The lowest BCUT2D eigenvalue weighted by atomic mass is 9.94. The molecule has 234 valence electrons. The van der Waals surface area contributed by atoms with E-state index in [0.717, 1.165) is 41.6 Å². The quantitative estimate of drug-likeness (QED) is 0.193. The highest BCUT2D eigenvalue weighted by molar-refractivity contribution is 7.98. The molecule has 45 heavy (non-hydrogen) atoms. The maximum absolute atomic E-state index is 14.5. The smallest absolute Gasteiger partial charge is 0.408 e. The van der Waals surface area contributed by atoms with Crippen LogP contribution in [-0.4, -0.2) is 39.5 Å². The molecule has 14 heteroatoms. The molecular weight excluding hydrogens is 641 g/mol. The number of hydrogen-bond acceptors (Lipinski definition) is 6. The Hall–Kier alpha value is -4.07. The molecule has 7 nitrogen and oxygen atoms in total. The lowest BCUT2D eigenvalue weighted by Crippen LogP contribution is -2.60. The van der Waals surface area contributed by atoms with E-state index in [1.165, 1.54) is 27.6 Å². The number of aliphatic hydroxyl groups is 1. The molecule has 0 radical (unpaired) electrons. The summed E-state index contributed by atoms with van der Waals surface area (Å²) in [6.07, 6.45) is -6.10. The highest BCUT2D eigenvalue weighted by Gasteiger charge is 2.48. The molecule has 1 N–H and O–H groups in total. The number of aliphatic hydroxyl groups excluding tert-OH is 1. The van der Waals surface area contributed by atoms with E-state index in [4.69, 9.17) is 16.3 Å². The first-order valence-corrected chi connectivity index (χ1v) is 14.9. The minimum atomic E-state index is -4.87. The molecule has 0 bridgehead atoms. The lowest BCUT2D eigenvalue weighted by molar-refractivity contribution is -0.173. The van der Waals surface area contributed by atoms with Gasteiger partial charge in [0.25, 0.3) is 5.91 Å². The summed E-state index contributed by atoms with van der Waals surface area (Å²) in [5.74, 6) is -4.05. The van der Waals surface area contributed by atoms with Gasteiger partial charge in [-0.3, -0.25) is 19.3 Å². The molecule has 1 unspecified atom stereocenters. The normalized spacial score (nSPS) is 17.6. The Morgan fingerprint density at radius 1 is 1.00 bits per heavy atom. The van der Waals surface area contributed by atoms with E-state index in [-0.39, 0.29) is 0 Å². The largest absolute Gasteiger partial charge is 0.454 e. The number of carbonyl (C=O) groups is 1. The zero-order chi connectivity index (χ0) is 32.2. The number of rotatable bonds is 5. The van der Waals surface area contributed by atoms with Crippen LogP contribution in [0.15, 0.2) is 82.6 Å². The first kappa shape index (κ1) is 30.9. The lowest BCUT2D eigenvalue weighted by Gasteiger charge is -2.46. The van der Waals surface area contributed by atoms with Crippen molar-refractivity contribution in [1.82, 2.24) is 9.58 Å². The van der Waals surface area contributed by atoms with Crippen molar-refractivity contribution in [2.24, 2.45) is 0 Å². The molecule has 2 aliphatic rings. The van der Waals surface area contributed by atoms with Crippen molar-refractivity contribution in [2.45, 2.75) is 42.1 Å². The van der Waals surface area contributed by atoms with Crippen molar-refractivity contribution in [3.8, 4) is 5.75 Å². The fourth-order valence-corrected chi connectivity index (χ4v) is 6.91. The van der Waals surface area contributed by atoms with Gasteiger partial charge in [0.15, 0.2) is 5.69 Å². The van der Waals surface area contributed by atoms with Crippen LogP contribution in [0.3, 0.4) is 0 Å². The van der Waals surface area contributed by atoms with Crippen molar-refractivity contribution < 1.29 is 36.6 Å². The van der Waals surface area contributed by atoms with Crippen LogP contribution in [0.4, 0.5) is 22.0 Å². The second kappa shape index (κ2) is 11.7. The molecule has 1 amide bonds. The number of amides is 1. The zero-order valence-corrected chi connectivity index (χ0v) is 24.8. The highest BCUT2D eigenvalue weighted by atomic mass is 35.5. The maximum Gasteiger partial charge on any atom is 0.408 e. The standard InChI is InChI=1S/C31H23ClF5N3O4S/c1-16(31(35,36)37)38-15-40(26-18-7-2-3-11-23(18)45-14-17-6-4-8-19(32)24(17)26)39-13-12-22(41)28(27(39)29(38)42)44-30(43)25-20(33)9-5-10-21(25)34/h2-13,16,26,30,43H,14-15H2,1H3/t16-,26-,30?/m1/s1. The molecular formula is C31H23ClF5N3O4S. The molecule has 0 aliphatic carbocycles. The van der Waals surface area contributed by atoms with E-state index in [9.17, 15) is 36.6 Å². The Kier molecular flexibility index (Phi) is 8.04. The maximum atomic E-state index is 14.5. The molecule has 3 aromatic carbocycles. The summed E-state index contributed by atoms with van der Waals surface area (Å²) in [5, 5.41) is 12.5. The molecule has 1 aromatic heterocycles. The van der Waals surface area contributed by atoms with Gasteiger partial charge < -0.3 is 14.7 Å². The van der Waals surface area contributed by atoms with Crippen molar-refractivity contribution in [3.05, 3.63) is 128 Å². The van der Waals surface area contributed by atoms with Crippen LogP contribution in [-0.2, 0) is 5.75 Å². The van der Waals surface area contributed by atoms with Gasteiger partial charge in [-0.05, 0) is 42.3 Å². The Morgan fingerprint density at radius 2 is 1.69 bits per heavy atom. The Labute approximate surface area is 262 Å². The van der Waals surface area contributed by atoms with Crippen LogP contribution in [0.1, 0.15) is 52.0 Å². The zero-order valence-electron chi connectivity index (χ0n) is 23.3. The molecule has 0 fully saturated rings. The van der Waals surface area contributed by atoms with Gasteiger partial charge in [0, 0.05) is 33.5 Å². The Bertz CT molecular complexity index is 1850. The van der Waals surface area contributed by atoms with Crippen LogP contribution in [0.2, 0.25) is 5.02 Å². The summed E-state index contributed by atoms with van der Waals surface area (Å²) in [5.41, 5.74) is -0.595. The SMILES string of the molecule is C[C@@H](N1CN([C@@H]2c3ccccc3SCc3cccc(Cl)c32)n2ccc(=O)c(OC(O)c3c(F)cccc3F)c2C1=O)C(F)(F)F. The molecule has 4 aromatic rings. The number of hydrogen-bond donors (Lipinski definition) is 1. The third-order valence-electron chi connectivity index (χ3n) is 7.80. The van der Waals surface area contributed by atoms with Gasteiger partial charge in [-0.1, -0.05) is 48.0 Å². The van der Waals surface area contributed by atoms with Crippen LogP contribution >= 0.6 is 23.4 Å². The number of aromatic nitrogens is 1. The van der Waals surface area contributed by atoms with Gasteiger partial charge in [0.05, 0.1) is 5.56 Å². The van der Waals surface area contributed by atoms with E-state index < -0.39 is 71.2 Å². The Morgan fingerprint density at radius 3 is 2.40 bits per heavy atom. The van der Waals surface area contributed by atoms with Crippen LogP contribution in [0.5, 0.6) is 5.75 Å². The Balaban J connectivity index is 1.60. The van der Waals surface area contributed by atoms with Crippen LogP contribution in [0.25, 0.3) is 0 Å². The molecule has 6 rings (SSSR count). The van der Waals surface area contributed by atoms with Gasteiger partial charge in [0.2, 0.25) is 17.5 Å². The summed E-state index contributed by atoms with van der Waals surface area (Å²) in [4.78, 5) is 28.4. The van der Waals surface area contributed by atoms with Gasteiger partial charge in [-0.25, -0.2) is 8.78 Å². The number of benzene rings is 3. The number of pyridine rings is 1. The van der Waals surface area contributed by atoms with Gasteiger partial charge in [-0.2, -0.15) is 13.2 Å². The second-order valence-corrected chi connectivity index (χ2v) is 11.8. The minimum Gasteiger partial charge on any atom is -0.454 e. The van der Waals surface area contributed by atoms with Crippen molar-refractivity contribution in [1.29, 1.82) is 0 Å². The fourth-order valence-electron chi connectivity index (χ4n) is 5.53. The average Bonchev–Trinajstić information content (AvgIpc) is 3.16. The van der Waals surface area contributed by atoms with E-state index >= 15 is 0 Å². The average molecular weight is 664 g/mol. The third-order valence-corrected chi connectivity index (χ3v) is 9.27.